The van der Waals surface area contributed by atoms with Crippen LogP contribution in [0.4, 0.5) is 0 Å². The molecule has 0 aliphatic heterocycles. The van der Waals surface area contributed by atoms with Gasteiger partial charge in [0.25, 0.3) is 0 Å². The minimum Gasteiger partial charge on any atom is -0.385 e. The van der Waals surface area contributed by atoms with Crippen molar-refractivity contribution in [2.24, 2.45) is 16.7 Å². The largest absolute Gasteiger partial charge is 0.385 e. The zero-order valence-corrected chi connectivity index (χ0v) is 7.47. The second-order valence-corrected chi connectivity index (χ2v) is 2.92. The van der Waals surface area contributed by atoms with E-state index in [4.69, 9.17) is 16.1 Å². The van der Waals surface area contributed by atoms with Crippen LogP contribution < -0.4 is 11.6 Å². The van der Waals surface area contributed by atoms with Gasteiger partial charge in [0.1, 0.15) is 5.84 Å². The number of amidine groups is 1. The Morgan fingerprint density at radius 1 is 1.43 bits per heavy atom. The summed E-state index contributed by atoms with van der Waals surface area (Å²) in [6, 6.07) is 7.57. The fraction of sp³-hybridized carbons (Fsp3) is 0.111. The Bertz CT molecular complexity index is 474. The summed E-state index contributed by atoms with van der Waals surface area (Å²) < 4.78 is 5.09. The molecule has 4 N–H and O–H groups in total. The van der Waals surface area contributed by atoms with Gasteiger partial charge in [0.05, 0.1) is 12.1 Å². The van der Waals surface area contributed by atoms with Gasteiger partial charge in [0.15, 0.2) is 5.58 Å². The number of hydrogen-bond acceptors (Lipinski definition) is 4. The Hall–Kier alpha value is -2.04. The van der Waals surface area contributed by atoms with Crippen LogP contribution in [0.3, 0.4) is 0 Å². The van der Waals surface area contributed by atoms with Crippen LogP contribution in [0.1, 0.15) is 5.69 Å². The van der Waals surface area contributed by atoms with E-state index in [1.165, 1.54) is 0 Å². The molecule has 0 saturated heterocycles. The number of benzene rings is 1. The van der Waals surface area contributed by atoms with E-state index in [0.717, 1.165) is 16.7 Å². The molecule has 1 heterocycles. The molecule has 5 nitrogen and oxygen atoms in total. The quantitative estimate of drug-likeness (QED) is 0.314. The molecule has 72 valence electrons. The number of para-hydroxylation sites is 1. The van der Waals surface area contributed by atoms with Gasteiger partial charge in [-0.25, -0.2) is 0 Å². The molecule has 2 aromatic rings. The van der Waals surface area contributed by atoms with Crippen LogP contribution in [0.25, 0.3) is 11.0 Å². The Morgan fingerprint density at radius 3 is 3.00 bits per heavy atom. The predicted molar refractivity (Wildman–Crippen MR) is 53.5 cm³/mol. The topological polar surface area (TPSA) is 90.4 Å². The molecule has 0 fully saturated rings. The summed E-state index contributed by atoms with van der Waals surface area (Å²) in [6.07, 6.45) is 0.410. The molecular weight excluding hydrogens is 180 g/mol. The third-order valence-electron chi connectivity index (χ3n) is 1.97. The summed E-state index contributed by atoms with van der Waals surface area (Å²) >= 11 is 0. The molecule has 0 bridgehead atoms. The van der Waals surface area contributed by atoms with E-state index in [-0.39, 0.29) is 0 Å². The number of nitrogens with zero attached hydrogens (tertiary/aromatic N) is 2. The van der Waals surface area contributed by atoms with E-state index in [9.17, 15) is 0 Å². The average molecular weight is 190 g/mol. The lowest BCUT2D eigenvalue weighted by Crippen LogP contribution is -2.17. The van der Waals surface area contributed by atoms with Crippen molar-refractivity contribution in [1.29, 1.82) is 0 Å². The van der Waals surface area contributed by atoms with Gasteiger partial charge >= 0.3 is 0 Å². The fourth-order valence-electron chi connectivity index (χ4n) is 1.28. The van der Waals surface area contributed by atoms with Crippen molar-refractivity contribution in [3.8, 4) is 0 Å². The molecule has 0 aliphatic rings. The van der Waals surface area contributed by atoms with E-state index in [0.29, 0.717) is 12.3 Å². The first kappa shape index (κ1) is 8.55. The van der Waals surface area contributed by atoms with Crippen molar-refractivity contribution in [2.45, 2.75) is 6.42 Å². The smallest absolute Gasteiger partial charge is 0.167 e. The third kappa shape index (κ3) is 1.39. The molecule has 0 radical (unpaired) electrons. The highest BCUT2D eigenvalue weighted by Crippen LogP contribution is 2.17. The molecule has 0 atom stereocenters. The first-order valence-corrected chi connectivity index (χ1v) is 4.17. The van der Waals surface area contributed by atoms with Crippen molar-refractivity contribution in [3.63, 3.8) is 0 Å². The highest BCUT2D eigenvalue weighted by molar-refractivity contribution is 5.88. The Balaban J connectivity index is 2.43. The van der Waals surface area contributed by atoms with E-state index < -0.39 is 0 Å². The molecule has 0 aliphatic carbocycles. The van der Waals surface area contributed by atoms with Gasteiger partial charge in [0, 0.05) is 5.39 Å². The van der Waals surface area contributed by atoms with E-state index in [2.05, 4.69) is 10.3 Å². The van der Waals surface area contributed by atoms with Gasteiger partial charge in [-0.1, -0.05) is 17.3 Å². The number of hydrogen-bond donors (Lipinski definition) is 2. The molecule has 14 heavy (non-hydrogen) atoms. The lowest BCUT2D eigenvalue weighted by atomic mass is 10.2. The first-order chi connectivity index (χ1) is 6.81. The van der Waals surface area contributed by atoms with Crippen LogP contribution >= 0.6 is 0 Å². The number of fused-ring (bicyclic) bond motifs is 1. The monoisotopic (exact) mass is 190 g/mol. The summed E-state index contributed by atoms with van der Waals surface area (Å²) in [5.41, 5.74) is 7.00. The summed E-state index contributed by atoms with van der Waals surface area (Å²) in [5.74, 6) is 5.37. The van der Waals surface area contributed by atoms with Crippen LogP contribution in [-0.2, 0) is 6.42 Å². The zero-order chi connectivity index (χ0) is 9.97. The zero-order valence-electron chi connectivity index (χ0n) is 7.47. The summed E-state index contributed by atoms with van der Waals surface area (Å²) in [4.78, 5) is 0. The second kappa shape index (κ2) is 3.37. The van der Waals surface area contributed by atoms with E-state index in [1.54, 1.807) is 0 Å². The van der Waals surface area contributed by atoms with Crippen LogP contribution in [0, 0.1) is 0 Å². The van der Waals surface area contributed by atoms with Gasteiger partial charge in [-0.15, -0.1) is 0 Å². The van der Waals surface area contributed by atoms with Crippen molar-refractivity contribution in [1.82, 2.24) is 5.16 Å². The minimum atomic E-state index is 0.337. The SMILES string of the molecule is NN=C(N)Cc1noc2ccccc12. The van der Waals surface area contributed by atoms with Gasteiger partial charge in [0.2, 0.25) is 0 Å². The van der Waals surface area contributed by atoms with Crippen LogP contribution in [0.2, 0.25) is 0 Å². The van der Waals surface area contributed by atoms with E-state index in [1.807, 2.05) is 24.3 Å². The maximum Gasteiger partial charge on any atom is 0.167 e. The van der Waals surface area contributed by atoms with Crippen molar-refractivity contribution in [2.75, 3.05) is 0 Å². The van der Waals surface area contributed by atoms with Crippen molar-refractivity contribution in [3.05, 3.63) is 30.0 Å². The normalized spacial score (nSPS) is 12.1. The van der Waals surface area contributed by atoms with Gasteiger partial charge < -0.3 is 16.1 Å². The number of aromatic nitrogens is 1. The standard InChI is InChI=1S/C9H10N4O/c10-9(12-11)5-7-6-3-1-2-4-8(6)14-13-7/h1-4H,5,11H2,(H2,10,12). The highest BCUT2D eigenvalue weighted by atomic mass is 16.5. The third-order valence-corrected chi connectivity index (χ3v) is 1.97. The highest BCUT2D eigenvalue weighted by Gasteiger charge is 2.08. The van der Waals surface area contributed by atoms with Crippen LogP contribution in [-0.4, -0.2) is 11.0 Å². The Labute approximate surface area is 80.4 Å². The maximum absolute atomic E-state index is 5.50. The molecule has 0 spiro atoms. The predicted octanol–water partition coefficient (Wildman–Crippen LogP) is 0.601. The summed E-state index contributed by atoms with van der Waals surface area (Å²) in [7, 11) is 0. The van der Waals surface area contributed by atoms with Crippen LogP contribution in [0.15, 0.2) is 33.9 Å². The molecule has 1 aromatic heterocycles. The fourth-order valence-corrected chi connectivity index (χ4v) is 1.28. The summed E-state index contributed by atoms with van der Waals surface area (Å²) in [5, 5.41) is 8.22. The molecule has 2 rings (SSSR count). The van der Waals surface area contributed by atoms with Gasteiger partial charge in [-0.3, -0.25) is 0 Å². The van der Waals surface area contributed by atoms with Crippen LogP contribution in [0.5, 0.6) is 0 Å². The maximum atomic E-state index is 5.50. The van der Waals surface area contributed by atoms with Crippen molar-refractivity contribution >= 4 is 16.8 Å². The molecule has 5 heteroatoms. The number of nitrogens with two attached hydrogens (primary N) is 2. The number of hydrazone groups is 1. The molecule has 1 aromatic carbocycles. The Morgan fingerprint density at radius 2 is 2.21 bits per heavy atom. The second-order valence-electron chi connectivity index (χ2n) is 2.92. The molecule has 0 unspecified atom stereocenters. The summed E-state index contributed by atoms with van der Waals surface area (Å²) in [6.45, 7) is 0. The van der Waals surface area contributed by atoms with Gasteiger partial charge in [-0.05, 0) is 12.1 Å². The van der Waals surface area contributed by atoms with Crippen molar-refractivity contribution < 1.29 is 4.52 Å². The molecule has 0 saturated carbocycles. The average Bonchev–Trinajstić information content (AvgIpc) is 2.62. The van der Waals surface area contributed by atoms with Gasteiger partial charge in [-0.2, -0.15) is 5.10 Å². The molecular formula is C9H10N4O. The minimum absolute atomic E-state index is 0.337. The lowest BCUT2D eigenvalue weighted by molar-refractivity contribution is 0.449. The number of rotatable bonds is 2. The molecule has 0 amide bonds. The Kier molecular flexibility index (Phi) is 2.06. The lowest BCUT2D eigenvalue weighted by Gasteiger charge is -1.93. The van der Waals surface area contributed by atoms with E-state index >= 15 is 0 Å². The first-order valence-electron chi connectivity index (χ1n) is 4.17.